The second kappa shape index (κ2) is 7.86. The van der Waals surface area contributed by atoms with Crippen LogP contribution >= 0.6 is 0 Å². The summed E-state index contributed by atoms with van der Waals surface area (Å²) in [5.74, 6) is 0.670. The summed E-state index contributed by atoms with van der Waals surface area (Å²) in [6.45, 7) is 4.80. The van der Waals surface area contributed by atoms with Gasteiger partial charge in [-0.1, -0.05) is 0 Å². The number of ether oxygens (including phenoxy) is 1. The SMILES string of the molecule is CCOc1ccc(C(=O)Nc2ccc(N3CCCCC3)cc2)cc1. The van der Waals surface area contributed by atoms with E-state index in [0.29, 0.717) is 12.2 Å². The number of nitrogens with one attached hydrogen (secondary N) is 1. The second-order valence-electron chi connectivity index (χ2n) is 6.01. The third-order valence-corrected chi connectivity index (χ3v) is 4.27. The van der Waals surface area contributed by atoms with Gasteiger partial charge in [0.05, 0.1) is 6.61 Å². The van der Waals surface area contributed by atoms with E-state index in [-0.39, 0.29) is 5.91 Å². The molecule has 1 fully saturated rings. The summed E-state index contributed by atoms with van der Waals surface area (Å²) in [7, 11) is 0. The highest BCUT2D eigenvalue weighted by Crippen LogP contribution is 2.22. The molecule has 24 heavy (non-hydrogen) atoms. The van der Waals surface area contributed by atoms with Crippen LogP contribution in [0.25, 0.3) is 0 Å². The van der Waals surface area contributed by atoms with Gasteiger partial charge in [0, 0.05) is 30.0 Å². The van der Waals surface area contributed by atoms with E-state index in [1.165, 1.54) is 24.9 Å². The Kier molecular flexibility index (Phi) is 5.36. The molecule has 1 aliphatic heterocycles. The van der Waals surface area contributed by atoms with Crippen LogP contribution in [-0.2, 0) is 0 Å². The van der Waals surface area contributed by atoms with Crippen molar-refractivity contribution in [3.05, 3.63) is 54.1 Å². The van der Waals surface area contributed by atoms with Crippen molar-refractivity contribution in [3.8, 4) is 5.75 Å². The number of hydrogen-bond donors (Lipinski definition) is 1. The van der Waals surface area contributed by atoms with Crippen LogP contribution in [0.1, 0.15) is 36.5 Å². The van der Waals surface area contributed by atoms with Crippen molar-refractivity contribution in [1.82, 2.24) is 0 Å². The number of rotatable bonds is 5. The lowest BCUT2D eigenvalue weighted by atomic mass is 10.1. The number of carbonyl (C=O) groups is 1. The van der Waals surface area contributed by atoms with Gasteiger partial charge >= 0.3 is 0 Å². The second-order valence-corrected chi connectivity index (χ2v) is 6.01. The van der Waals surface area contributed by atoms with E-state index in [1.807, 2.05) is 31.2 Å². The van der Waals surface area contributed by atoms with Crippen molar-refractivity contribution < 1.29 is 9.53 Å². The summed E-state index contributed by atoms with van der Waals surface area (Å²) in [5.41, 5.74) is 2.67. The maximum atomic E-state index is 12.3. The van der Waals surface area contributed by atoms with Crippen LogP contribution in [0.5, 0.6) is 5.75 Å². The standard InChI is InChI=1S/C20H24N2O2/c1-2-24-19-12-6-16(7-13-19)20(23)21-17-8-10-18(11-9-17)22-14-4-3-5-15-22/h6-13H,2-5,14-15H2,1H3,(H,21,23). The molecule has 0 unspecified atom stereocenters. The lowest BCUT2D eigenvalue weighted by molar-refractivity contribution is 0.102. The highest BCUT2D eigenvalue weighted by atomic mass is 16.5. The van der Waals surface area contributed by atoms with Crippen LogP contribution in [0.2, 0.25) is 0 Å². The van der Waals surface area contributed by atoms with E-state index in [9.17, 15) is 4.79 Å². The van der Waals surface area contributed by atoms with Gasteiger partial charge in [0.1, 0.15) is 5.75 Å². The third kappa shape index (κ3) is 4.07. The third-order valence-electron chi connectivity index (χ3n) is 4.27. The Labute approximate surface area is 143 Å². The molecule has 0 saturated carbocycles. The number of piperidine rings is 1. The molecule has 1 amide bonds. The van der Waals surface area contributed by atoms with Crippen molar-refractivity contribution in [2.24, 2.45) is 0 Å². The predicted octanol–water partition coefficient (Wildman–Crippen LogP) is 4.33. The minimum atomic E-state index is -0.108. The fourth-order valence-electron chi connectivity index (χ4n) is 2.98. The zero-order valence-corrected chi connectivity index (χ0v) is 14.1. The zero-order valence-electron chi connectivity index (χ0n) is 14.1. The lowest BCUT2D eigenvalue weighted by Crippen LogP contribution is -2.29. The Bertz CT molecular complexity index is 659. The number of amides is 1. The summed E-state index contributed by atoms with van der Waals surface area (Å²) in [6.07, 6.45) is 3.85. The van der Waals surface area contributed by atoms with Crippen LogP contribution in [-0.4, -0.2) is 25.6 Å². The first-order valence-electron chi connectivity index (χ1n) is 8.65. The van der Waals surface area contributed by atoms with Crippen molar-refractivity contribution >= 4 is 17.3 Å². The molecule has 0 radical (unpaired) electrons. The highest BCUT2D eigenvalue weighted by molar-refractivity contribution is 6.04. The summed E-state index contributed by atoms with van der Waals surface area (Å²) < 4.78 is 5.39. The zero-order chi connectivity index (χ0) is 16.8. The molecule has 2 aromatic carbocycles. The normalized spacial score (nSPS) is 14.3. The number of carbonyl (C=O) groups excluding carboxylic acids is 1. The summed E-state index contributed by atoms with van der Waals surface area (Å²) in [4.78, 5) is 14.7. The maximum absolute atomic E-state index is 12.3. The molecular weight excluding hydrogens is 300 g/mol. The Morgan fingerprint density at radius 1 is 1.00 bits per heavy atom. The average molecular weight is 324 g/mol. The maximum Gasteiger partial charge on any atom is 0.255 e. The molecule has 0 atom stereocenters. The Balaban J connectivity index is 1.61. The summed E-state index contributed by atoms with van der Waals surface area (Å²) in [5, 5.41) is 2.94. The first kappa shape index (κ1) is 16.4. The van der Waals surface area contributed by atoms with E-state index in [1.54, 1.807) is 12.1 Å². The number of hydrogen-bond acceptors (Lipinski definition) is 3. The van der Waals surface area contributed by atoms with E-state index in [2.05, 4.69) is 22.3 Å². The van der Waals surface area contributed by atoms with Crippen molar-refractivity contribution in [2.75, 3.05) is 29.9 Å². The Hall–Kier alpha value is -2.49. The molecule has 0 aliphatic carbocycles. The molecule has 2 aromatic rings. The van der Waals surface area contributed by atoms with Gasteiger partial charge in [-0.15, -0.1) is 0 Å². The van der Waals surface area contributed by atoms with Gasteiger partial charge in [-0.25, -0.2) is 0 Å². The Morgan fingerprint density at radius 2 is 1.67 bits per heavy atom. The predicted molar refractivity (Wildman–Crippen MR) is 98.1 cm³/mol. The van der Waals surface area contributed by atoms with Crippen LogP contribution in [0.15, 0.2) is 48.5 Å². The van der Waals surface area contributed by atoms with Gasteiger partial charge in [-0.2, -0.15) is 0 Å². The number of benzene rings is 2. The van der Waals surface area contributed by atoms with Crippen LogP contribution in [0.3, 0.4) is 0 Å². The molecular formula is C20H24N2O2. The molecule has 4 nitrogen and oxygen atoms in total. The molecule has 0 spiro atoms. The monoisotopic (exact) mass is 324 g/mol. The minimum Gasteiger partial charge on any atom is -0.494 e. The van der Waals surface area contributed by atoms with Gasteiger partial charge in [0.25, 0.3) is 5.91 Å². The highest BCUT2D eigenvalue weighted by Gasteiger charge is 2.11. The summed E-state index contributed by atoms with van der Waals surface area (Å²) >= 11 is 0. The van der Waals surface area contributed by atoms with Gasteiger partial charge < -0.3 is 15.0 Å². The van der Waals surface area contributed by atoms with Crippen LogP contribution < -0.4 is 15.0 Å². The molecule has 126 valence electrons. The average Bonchev–Trinajstić information content (AvgIpc) is 2.64. The first-order chi connectivity index (χ1) is 11.8. The first-order valence-corrected chi connectivity index (χ1v) is 8.65. The molecule has 4 heteroatoms. The largest absolute Gasteiger partial charge is 0.494 e. The van der Waals surface area contributed by atoms with Gasteiger partial charge in [0.15, 0.2) is 0 Å². The van der Waals surface area contributed by atoms with E-state index < -0.39 is 0 Å². The van der Waals surface area contributed by atoms with Crippen molar-refractivity contribution in [1.29, 1.82) is 0 Å². The fraction of sp³-hybridized carbons (Fsp3) is 0.350. The molecule has 1 N–H and O–H groups in total. The number of nitrogens with zero attached hydrogens (tertiary/aromatic N) is 1. The van der Waals surface area contributed by atoms with Crippen molar-refractivity contribution in [3.63, 3.8) is 0 Å². The smallest absolute Gasteiger partial charge is 0.255 e. The van der Waals surface area contributed by atoms with E-state index >= 15 is 0 Å². The molecule has 1 heterocycles. The van der Waals surface area contributed by atoms with Gasteiger partial charge in [-0.3, -0.25) is 4.79 Å². The van der Waals surface area contributed by atoms with Gasteiger partial charge in [0.2, 0.25) is 0 Å². The lowest BCUT2D eigenvalue weighted by Gasteiger charge is -2.28. The quantitative estimate of drug-likeness (QED) is 0.890. The van der Waals surface area contributed by atoms with Crippen molar-refractivity contribution in [2.45, 2.75) is 26.2 Å². The fourth-order valence-corrected chi connectivity index (χ4v) is 2.98. The van der Waals surface area contributed by atoms with Crippen LogP contribution in [0.4, 0.5) is 11.4 Å². The Morgan fingerprint density at radius 3 is 2.29 bits per heavy atom. The topological polar surface area (TPSA) is 41.6 Å². The van der Waals surface area contributed by atoms with E-state index in [4.69, 9.17) is 4.74 Å². The van der Waals surface area contributed by atoms with Crippen LogP contribution in [0, 0.1) is 0 Å². The molecule has 0 bridgehead atoms. The minimum absolute atomic E-state index is 0.108. The molecule has 0 aromatic heterocycles. The molecule has 1 aliphatic rings. The van der Waals surface area contributed by atoms with Gasteiger partial charge in [-0.05, 0) is 74.7 Å². The van der Waals surface area contributed by atoms with E-state index in [0.717, 1.165) is 24.5 Å². The molecule has 3 rings (SSSR count). The summed E-state index contributed by atoms with van der Waals surface area (Å²) in [6, 6.07) is 15.3. The molecule has 1 saturated heterocycles. The number of anilines is 2.